The molecule has 74 valence electrons. The van der Waals surface area contributed by atoms with E-state index in [1.807, 2.05) is 0 Å². The molecule has 0 radical (unpaired) electrons. The second kappa shape index (κ2) is 6.33. The first kappa shape index (κ1) is 11.8. The molecule has 0 heterocycles. The molecule has 0 aliphatic heterocycles. The summed E-state index contributed by atoms with van der Waals surface area (Å²) in [6.07, 6.45) is -2.40. The molecule has 12 heavy (non-hydrogen) atoms. The van der Waals surface area contributed by atoms with Crippen LogP contribution in [0.1, 0.15) is 6.92 Å². The molecule has 0 bridgehead atoms. The molecule has 0 aromatic heterocycles. The Kier molecular flexibility index (Phi) is 6.23. The van der Waals surface area contributed by atoms with Gasteiger partial charge in [-0.05, 0) is 6.92 Å². The third-order valence-corrected chi connectivity index (χ3v) is 1.46. The smallest absolute Gasteiger partial charge is 0.109 e. The molecule has 1 unspecified atom stereocenters. The van der Waals surface area contributed by atoms with Crippen LogP contribution in [0.25, 0.3) is 0 Å². The minimum atomic E-state index is -1.11. The van der Waals surface area contributed by atoms with Gasteiger partial charge in [0.05, 0.1) is 25.9 Å². The van der Waals surface area contributed by atoms with Gasteiger partial charge in [-0.2, -0.15) is 0 Å². The summed E-state index contributed by atoms with van der Waals surface area (Å²) in [6, 6.07) is 0. The van der Waals surface area contributed by atoms with Gasteiger partial charge in [0.25, 0.3) is 0 Å². The first-order valence-electron chi connectivity index (χ1n) is 3.81. The maximum Gasteiger partial charge on any atom is 0.109 e. The molecule has 0 saturated carbocycles. The van der Waals surface area contributed by atoms with Crippen molar-refractivity contribution in [3.8, 4) is 0 Å². The van der Waals surface area contributed by atoms with Gasteiger partial charge in [-0.15, -0.1) is 0 Å². The van der Waals surface area contributed by atoms with E-state index in [2.05, 4.69) is 0 Å². The SMILES string of the molecule is C[C@H](CO)OC(CO)[C@@H](O)CO. The molecule has 0 spiro atoms. The quantitative estimate of drug-likeness (QED) is 0.383. The molecule has 0 amide bonds. The Hall–Kier alpha value is -0.200. The molecule has 0 fully saturated rings. The number of aliphatic hydroxyl groups excluding tert-OH is 4. The normalized spacial score (nSPS) is 18.8. The van der Waals surface area contributed by atoms with E-state index in [1.54, 1.807) is 6.92 Å². The molecular formula is C7H16O5. The fourth-order valence-corrected chi connectivity index (χ4v) is 0.714. The largest absolute Gasteiger partial charge is 0.394 e. The lowest BCUT2D eigenvalue weighted by Gasteiger charge is -2.22. The minimum Gasteiger partial charge on any atom is -0.394 e. The van der Waals surface area contributed by atoms with Gasteiger partial charge < -0.3 is 25.2 Å². The standard InChI is InChI=1S/C7H16O5/c1-5(2-8)12-7(4-10)6(11)3-9/h5-11H,2-4H2,1H3/t5-,6+,7?/m1/s1. The molecule has 4 N–H and O–H groups in total. The van der Waals surface area contributed by atoms with Crippen LogP contribution in [-0.4, -0.2) is 58.6 Å². The lowest BCUT2D eigenvalue weighted by atomic mass is 10.2. The predicted octanol–water partition coefficient (Wildman–Crippen LogP) is -1.90. The maximum atomic E-state index is 9.05. The molecule has 5 nitrogen and oxygen atoms in total. The molecular weight excluding hydrogens is 164 g/mol. The molecule has 0 aromatic rings. The molecule has 0 aliphatic carbocycles. The van der Waals surface area contributed by atoms with E-state index < -0.39 is 24.9 Å². The van der Waals surface area contributed by atoms with E-state index >= 15 is 0 Å². The fraction of sp³-hybridized carbons (Fsp3) is 1.00. The second-order valence-corrected chi connectivity index (χ2v) is 2.60. The zero-order valence-corrected chi connectivity index (χ0v) is 7.05. The van der Waals surface area contributed by atoms with Crippen molar-refractivity contribution in [2.45, 2.75) is 25.2 Å². The highest BCUT2D eigenvalue weighted by molar-refractivity contribution is 4.68. The summed E-state index contributed by atoms with van der Waals surface area (Å²) in [7, 11) is 0. The van der Waals surface area contributed by atoms with Gasteiger partial charge in [0.1, 0.15) is 12.2 Å². The lowest BCUT2D eigenvalue weighted by molar-refractivity contribution is -0.115. The van der Waals surface area contributed by atoms with Gasteiger partial charge in [0.2, 0.25) is 0 Å². The first-order valence-corrected chi connectivity index (χ1v) is 3.81. The number of aliphatic hydroxyl groups is 4. The summed E-state index contributed by atoms with van der Waals surface area (Å²) in [5, 5.41) is 34.8. The van der Waals surface area contributed by atoms with Crippen LogP contribution in [-0.2, 0) is 4.74 Å². The Morgan fingerprint density at radius 3 is 2.00 bits per heavy atom. The topological polar surface area (TPSA) is 90.2 Å². The van der Waals surface area contributed by atoms with Gasteiger partial charge in [0.15, 0.2) is 0 Å². The Morgan fingerprint density at radius 1 is 1.08 bits per heavy atom. The van der Waals surface area contributed by atoms with Crippen LogP contribution in [0.15, 0.2) is 0 Å². The Bertz CT molecular complexity index is 108. The van der Waals surface area contributed by atoms with E-state index in [0.29, 0.717) is 0 Å². The minimum absolute atomic E-state index is 0.186. The van der Waals surface area contributed by atoms with Crippen molar-refractivity contribution in [2.24, 2.45) is 0 Å². The monoisotopic (exact) mass is 180 g/mol. The van der Waals surface area contributed by atoms with E-state index in [1.165, 1.54) is 0 Å². The van der Waals surface area contributed by atoms with Crippen molar-refractivity contribution in [3.63, 3.8) is 0 Å². The van der Waals surface area contributed by atoms with Gasteiger partial charge >= 0.3 is 0 Å². The molecule has 0 aliphatic rings. The van der Waals surface area contributed by atoms with Crippen molar-refractivity contribution in [3.05, 3.63) is 0 Å². The van der Waals surface area contributed by atoms with Crippen molar-refractivity contribution in [2.75, 3.05) is 19.8 Å². The summed E-state index contributed by atoms with van der Waals surface area (Å²) in [5.41, 5.74) is 0. The van der Waals surface area contributed by atoms with Crippen molar-refractivity contribution in [1.29, 1.82) is 0 Å². The fourth-order valence-electron chi connectivity index (χ4n) is 0.714. The van der Waals surface area contributed by atoms with Crippen LogP contribution in [0.5, 0.6) is 0 Å². The van der Waals surface area contributed by atoms with Crippen molar-refractivity contribution < 1.29 is 25.2 Å². The highest BCUT2D eigenvalue weighted by atomic mass is 16.5. The van der Waals surface area contributed by atoms with E-state index in [4.69, 9.17) is 25.2 Å². The lowest BCUT2D eigenvalue weighted by Crippen LogP contribution is -2.38. The highest BCUT2D eigenvalue weighted by Crippen LogP contribution is 2.02. The zero-order chi connectivity index (χ0) is 9.56. The number of rotatable bonds is 6. The average molecular weight is 180 g/mol. The third kappa shape index (κ3) is 3.99. The van der Waals surface area contributed by atoms with Crippen LogP contribution in [0.3, 0.4) is 0 Å². The van der Waals surface area contributed by atoms with Crippen LogP contribution in [0, 0.1) is 0 Å². The van der Waals surface area contributed by atoms with Gasteiger partial charge in [-0.1, -0.05) is 0 Å². The molecule has 0 aromatic carbocycles. The third-order valence-electron chi connectivity index (χ3n) is 1.46. The highest BCUT2D eigenvalue weighted by Gasteiger charge is 2.20. The first-order chi connectivity index (χ1) is 5.65. The number of hydrogen-bond donors (Lipinski definition) is 4. The van der Waals surface area contributed by atoms with Crippen LogP contribution in [0.2, 0.25) is 0 Å². The van der Waals surface area contributed by atoms with Crippen molar-refractivity contribution in [1.82, 2.24) is 0 Å². The van der Waals surface area contributed by atoms with Gasteiger partial charge in [-0.3, -0.25) is 0 Å². The van der Waals surface area contributed by atoms with Gasteiger partial charge in [0, 0.05) is 0 Å². The van der Waals surface area contributed by atoms with Crippen LogP contribution >= 0.6 is 0 Å². The molecule has 0 saturated heterocycles. The van der Waals surface area contributed by atoms with E-state index in [9.17, 15) is 0 Å². The number of hydrogen-bond acceptors (Lipinski definition) is 5. The summed E-state index contributed by atoms with van der Waals surface area (Å²) < 4.78 is 4.99. The van der Waals surface area contributed by atoms with Gasteiger partial charge in [-0.25, -0.2) is 0 Å². The van der Waals surface area contributed by atoms with Crippen molar-refractivity contribution >= 4 is 0 Å². The summed E-state index contributed by atoms with van der Waals surface area (Å²) in [4.78, 5) is 0. The summed E-state index contributed by atoms with van der Waals surface area (Å²) in [5.74, 6) is 0. The van der Waals surface area contributed by atoms with Crippen LogP contribution in [0.4, 0.5) is 0 Å². The molecule has 0 rings (SSSR count). The maximum absolute atomic E-state index is 9.05. The Labute approximate surface area is 71.2 Å². The van der Waals surface area contributed by atoms with E-state index in [0.717, 1.165) is 0 Å². The number of ether oxygens (including phenoxy) is 1. The zero-order valence-electron chi connectivity index (χ0n) is 7.05. The molecule has 3 atom stereocenters. The average Bonchev–Trinajstić information content (AvgIpc) is 2.12. The Balaban J connectivity index is 3.81. The predicted molar refractivity (Wildman–Crippen MR) is 41.6 cm³/mol. The summed E-state index contributed by atoms with van der Waals surface area (Å²) >= 11 is 0. The van der Waals surface area contributed by atoms with Crippen LogP contribution < -0.4 is 0 Å². The summed E-state index contributed by atoms with van der Waals surface area (Å²) in [6.45, 7) is 0.566. The second-order valence-electron chi connectivity index (χ2n) is 2.60. The van der Waals surface area contributed by atoms with E-state index in [-0.39, 0.29) is 13.2 Å². The molecule has 5 heteroatoms. The Morgan fingerprint density at radius 2 is 1.67 bits per heavy atom.